The van der Waals surface area contributed by atoms with Gasteiger partial charge in [-0.15, -0.1) is 0 Å². The molecule has 4 aliphatic rings. The number of pyridine rings is 2. The Hall–Kier alpha value is -3.39. The molecule has 1 N–H and O–H groups in total. The van der Waals surface area contributed by atoms with Crippen molar-refractivity contribution in [2.75, 3.05) is 6.79 Å². The number of benzene rings is 1. The summed E-state index contributed by atoms with van der Waals surface area (Å²) in [4.78, 5) is 29.9. The monoisotopic (exact) mass is 404 g/mol. The zero-order chi connectivity index (χ0) is 20.1. The summed E-state index contributed by atoms with van der Waals surface area (Å²) in [5.74, 6) is 1.08. The third-order valence-electron chi connectivity index (χ3n) is 6.48. The van der Waals surface area contributed by atoms with E-state index in [4.69, 9.17) is 19.2 Å². The Bertz CT molecular complexity index is 1370. The summed E-state index contributed by atoms with van der Waals surface area (Å²) in [7, 11) is 0. The van der Waals surface area contributed by atoms with Crippen molar-refractivity contribution in [1.82, 2.24) is 9.55 Å². The first kappa shape index (κ1) is 16.4. The van der Waals surface area contributed by atoms with Gasteiger partial charge in [-0.25, -0.2) is 9.78 Å². The minimum atomic E-state index is -1.45. The molecule has 0 unspecified atom stereocenters. The number of carbonyl (C=O) groups excluding carboxylic acids is 1. The summed E-state index contributed by atoms with van der Waals surface area (Å²) in [5.41, 5.74) is 4.80. The van der Waals surface area contributed by atoms with Crippen LogP contribution in [0.25, 0.3) is 22.3 Å². The molecule has 1 fully saturated rings. The molecule has 3 aliphatic heterocycles. The van der Waals surface area contributed by atoms with Gasteiger partial charge in [0.1, 0.15) is 6.61 Å². The lowest BCUT2D eigenvalue weighted by Crippen LogP contribution is -2.32. The third kappa shape index (κ3) is 2.01. The van der Waals surface area contributed by atoms with Crippen LogP contribution in [0.2, 0.25) is 0 Å². The number of aliphatic hydroxyl groups excluding tert-OH is 1. The summed E-state index contributed by atoms with van der Waals surface area (Å²) in [6.45, 7) is 0.499. The highest BCUT2D eigenvalue weighted by molar-refractivity contribution is 5.91. The van der Waals surface area contributed by atoms with Crippen molar-refractivity contribution in [2.45, 2.75) is 38.0 Å². The molecule has 0 amide bonds. The fourth-order valence-electron chi connectivity index (χ4n) is 4.89. The van der Waals surface area contributed by atoms with E-state index in [0.717, 1.165) is 35.0 Å². The molecule has 3 aromatic rings. The van der Waals surface area contributed by atoms with Gasteiger partial charge in [0.25, 0.3) is 5.56 Å². The summed E-state index contributed by atoms with van der Waals surface area (Å²) in [5, 5.41) is 11.3. The Balaban J connectivity index is 1.53. The highest BCUT2D eigenvalue weighted by Gasteiger charge is 2.37. The Morgan fingerprint density at radius 3 is 2.63 bits per heavy atom. The second-order valence-corrected chi connectivity index (χ2v) is 8.21. The van der Waals surface area contributed by atoms with E-state index in [1.807, 2.05) is 12.1 Å². The number of carbonyl (C=O) groups is 1. The van der Waals surface area contributed by atoms with Gasteiger partial charge in [-0.05, 0) is 36.5 Å². The SMILES string of the molecule is O=C1OCc2c(cc3n(c2=O)Cc2c-3nc3cc4c(cc3c2C2CC2)OCO4)[C@@H]1O. The molecule has 7 rings (SSSR count). The van der Waals surface area contributed by atoms with Gasteiger partial charge in [0, 0.05) is 22.6 Å². The van der Waals surface area contributed by atoms with Gasteiger partial charge >= 0.3 is 5.97 Å². The lowest BCUT2D eigenvalue weighted by atomic mass is 9.96. The van der Waals surface area contributed by atoms with Gasteiger partial charge in [0.15, 0.2) is 17.6 Å². The van der Waals surface area contributed by atoms with Crippen LogP contribution in [-0.4, -0.2) is 27.4 Å². The van der Waals surface area contributed by atoms with Crippen LogP contribution in [0.5, 0.6) is 11.5 Å². The number of rotatable bonds is 1. The Morgan fingerprint density at radius 1 is 1.03 bits per heavy atom. The van der Waals surface area contributed by atoms with Crippen molar-refractivity contribution < 1.29 is 24.1 Å². The van der Waals surface area contributed by atoms with Crippen LogP contribution >= 0.6 is 0 Å². The van der Waals surface area contributed by atoms with E-state index in [2.05, 4.69) is 0 Å². The first-order valence-electron chi connectivity index (χ1n) is 9.98. The molecular weight excluding hydrogens is 388 g/mol. The molecule has 0 bridgehead atoms. The molecule has 1 saturated carbocycles. The van der Waals surface area contributed by atoms with Crippen LogP contribution in [0.3, 0.4) is 0 Å². The average Bonchev–Trinajstić information content (AvgIpc) is 3.36. The minimum Gasteiger partial charge on any atom is -0.458 e. The quantitative estimate of drug-likeness (QED) is 0.485. The normalized spacial score (nSPS) is 20.7. The highest BCUT2D eigenvalue weighted by Crippen LogP contribution is 2.50. The van der Waals surface area contributed by atoms with E-state index < -0.39 is 12.1 Å². The first-order valence-corrected chi connectivity index (χ1v) is 9.98. The number of cyclic esters (lactones) is 1. The van der Waals surface area contributed by atoms with E-state index in [9.17, 15) is 14.7 Å². The predicted octanol–water partition coefficient (Wildman–Crippen LogP) is 2.12. The largest absolute Gasteiger partial charge is 0.458 e. The van der Waals surface area contributed by atoms with Crippen molar-refractivity contribution >= 4 is 16.9 Å². The highest BCUT2D eigenvalue weighted by atomic mass is 16.7. The number of nitrogens with zero attached hydrogens (tertiary/aromatic N) is 2. The zero-order valence-electron chi connectivity index (χ0n) is 15.8. The molecule has 150 valence electrons. The maximum Gasteiger partial charge on any atom is 0.340 e. The van der Waals surface area contributed by atoms with Crippen molar-refractivity contribution in [2.24, 2.45) is 0 Å². The number of fused-ring (bicyclic) bond motifs is 6. The van der Waals surface area contributed by atoms with E-state index in [-0.39, 0.29) is 19.0 Å². The number of hydrogen-bond acceptors (Lipinski definition) is 7. The second-order valence-electron chi connectivity index (χ2n) is 8.21. The van der Waals surface area contributed by atoms with Gasteiger partial charge in [-0.3, -0.25) is 4.79 Å². The Kier molecular flexibility index (Phi) is 2.95. The molecule has 1 atom stereocenters. The van der Waals surface area contributed by atoms with Crippen LogP contribution in [0, 0.1) is 0 Å². The zero-order valence-corrected chi connectivity index (χ0v) is 15.8. The number of aliphatic hydroxyl groups is 1. The van der Waals surface area contributed by atoms with Crippen molar-refractivity contribution in [3.8, 4) is 22.9 Å². The van der Waals surface area contributed by atoms with Gasteiger partial charge in [0.05, 0.1) is 29.0 Å². The average molecular weight is 404 g/mol. The lowest BCUT2D eigenvalue weighted by molar-refractivity contribution is -0.157. The van der Waals surface area contributed by atoms with Gasteiger partial charge in [0.2, 0.25) is 6.79 Å². The topological polar surface area (TPSA) is 99.9 Å². The summed E-state index contributed by atoms with van der Waals surface area (Å²) in [6, 6.07) is 5.59. The number of aromatic nitrogens is 2. The number of ether oxygens (including phenoxy) is 3. The van der Waals surface area contributed by atoms with Gasteiger partial charge in [-0.1, -0.05) is 0 Å². The predicted molar refractivity (Wildman–Crippen MR) is 103 cm³/mol. The van der Waals surface area contributed by atoms with Crippen LogP contribution in [0.1, 0.15) is 47.1 Å². The number of esters is 1. The molecule has 0 saturated heterocycles. The molecule has 0 spiro atoms. The molecule has 30 heavy (non-hydrogen) atoms. The van der Waals surface area contributed by atoms with E-state index in [1.54, 1.807) is 10.6 Å². The Labute approximate surface area is 169 Å². The molecule has 8 heteroatoms. The summed E-state index contributed by atoms with van der Waals surface area (Å²) >= 11 is 0. The fraction of sp³-hybridized carbons (Fsp3) is 0.318. The van der Waals surface area contributed by atoms with Crippen LogP contribution in [0.15, 0.2) is 23.0 Å². The molecule has 0 radical (unpaired) electrons. The summed E-state index contributed by atoms with van der Waals surface area (Å²) in [6.07, 6.45) is 0.750. The maximum atomic E-state index is 13.2. The van der Waals surface area contributed by atoms with Gasteiger partial charge in [-0.2, -0.15) is 0 Å². The molecular formula is C22H16N2O6. The molecule has 5 heterocycles. The Morgan fingerprint density at radius 2 is 1.83 bits per heavy atom. The van der Waals surface area contributed by atoms with Crippen molar-refractivity contribution in [1.29, 1.82) is 0 Å². The fourth-order valence-corrected chi connectivity index (χ4v) is 4.89. The van der Waals surface area contributed by atoms with Crippen LogP contribution < -0.4 is 15.0 Å². The first-order chi connectivity index (χ1) is 14.6. The standard InChI is InChI=1S/C22H16N2O6/c25-20-10-3-15-19-12(6-24(15)21(26)13(10)7-28-22(20)27)18(9-1-2-9)11-4-16-17(30-8-29-16)5-14(11)23-19/h3-5,9,20,25H,1-2,6-8H2/t20-/m0/s1. The van der Waals surface area contributed by atoms with E-state index in [1.165, 1.54) is 5.56 Å². The molecule has 1 aliphatic carbocycles. The maximum absolute atomic E-state index is 13.2. The summed E-state index contributed by atoms with van der Waals surface area (Å²) < 4.78 is 17.7. The van der Waals surface area contributed by atoms with E-state index >= 15 is 0 Å². The molecule has 8 nitrogen and oxygen atoms in total. The molecule has 2 aromatic heterocycles. The van der Waals surface area contributed by atoms with Gasteiger partial charge < -0.3 is 23.9 Å². The second kappa shape index (κ2) is 5.40. The van der Waals surface area contributed by atoms with Crippen molar-refractivity contribution in [3.63, 3.8) is 0 Å². The lowest BCUT2D eigenvalue weighted by Gasteiger charge is -2.21. The van der Waals surface area contributed by atoms with E-state index in [0.29, 0.717) is 40.8 Å². The third-order valence-corrected chi connectivity index (χ3v) is 6.48. The number of hydrogen-bond donors (Lipinski definition) is 1. The smallest absolute Gasteiger partial charge is 0.340 e. The van der Waals surface area contributed by atoms with Crippen molar-refractivity contribution in [3.05, 3.63) is 50.8 Å². The van der Waals surface area contributed by atoms with Crippen LogP contribution in [0.4, 0.5) is 0 Å². The van der Waals surface area contributed by atoms with Crippen LogP contribution in [-0.2, 0) is 22.7 Å². The minimum absolute atomic E-state index is 0.118. The molecule has 1 aromatic carbocycles.